The highest BCUT2D eigenvalue weighted by atomic mass is 16.5. The van der Waals surface area contributed by atoms with Crippen molar-refractivity contribution >= 4 is 17.4 Å². The highest BCUT2D eigenvalue weighted by Gasteiger charge is 2.38. The molecule has 7 heteroatoms. The molecule has 1 atom stereocenters. The van der Waals surface area contributed by atoms with E-state index < -0.39 is 6.17 Å². The Balaban J connectivity index is 1.79. The van der Waals surface area contributed by atoms with Crippen molar-refractivity contribution in [1.29, 1.82) is 0 Å². The van der Waals surface area contributed by atoms with E-state index in [0.29, 0.717) is 28.6 Å². The van der Waals surface area contributed by atoms with Crippen LogP contribution in [0.2, 0.25) is 0 Å². The summed E-state index contributed by atoms with van der Waals surface area (Å²) in [7, 11) is 4.69. The first kappa shape index (κ1) is 18.6. The molecule has 0 saturated heterocycles. The minimum Gasteiger partial charge on any atom is -0.493 e. The number of nitrogens with zero attached hydrogens (tertiary/aromatic N) is 2. The van der Waals surface area contributed by atoms with Crippen molar-refractivity contribution in [1.82, 2.24) is 4.98 Å². The molecule has 7 nitrogen and oxygen atoms in total. The number of carbonyl (C=O) groups is 1. The molecule has 1 aliphatic heterocycles. The van der Waals surface area contributed by atoms with Crippen LogP contribution in [0.5, 0.6) is 17.2 Å². The van der Waals surface area contributed by atoms with Crippen LogP contribution in [-0.4, -0.2) is 32.2 Å². The monoisotopic (exact) mass is 391 g/mol. The number of hydrogen-bond donors (Lipinski definition) is 1. The Morgan fingerprint density at radius 1 is 0.931 bits per heavy atom. The van der Waals surface area contributed by atoms with Crippen LogP contribution in [0.3, 0.4) is 0 Å². The van der Waals surface area contributed by atoms with Gasteiger partial charge in [-0.2, -0.15) is 0 Å². The maximum atomic E-state index is 13.1. The lowest BCUT2D eigenvalue weighted by Gasteiger charge is -2.26. The summed E-state index contributed by atoms with van der Waals surface area (Å²) in [5.41, 5.74) is 2.23. The predicted molar refractivity (Wildman–Crippen MR) is 110 cm³/mol. The number of carbonyl (C=O) groups excluding carboxylic acids is 1. The first-order valence-corrected chi connectivity index (χ1v) is 9.08. The lowest BCUT2D eigenvalue weighted by atomic mass is 10.1. The van der Waals surface area contributed by atoms with Gasteiger partial charge in [0.15, 0.2) is 11.5 Å². The normalized spacial score (nSPS) is 15.1. The van der Waals surface area contributed by atoms with Gasteiger partial charge in [-0.25, -0.2) is 4.98 Å². The second-order valence-corrected chi connectivity index (χ2v) is 6.41. The second kappa shape index (κ2) is 7.71. The van der Waals surface area contributed by atoms with Gasteiger partial charge in [0.05, 0.1) is 21.3 Å². The highest BCUT2D eigenvalue weighted by Crippen LogP contribution is 2.42. The van der Waals surface area contributed by atoms with Crippen molar-refractivity contribution in [2.75, 3.05) is 31.5 Å². The minimum absolute atomic E-state index is 0.107. The molecular weight excluding hydrogens is 370 g/mol. The van der Waals surface area contributed by atoms with E-state index in [1.54, 1.807) is 32.4 Å². The van der Waals surface area contributed by atoms with E-state index in [-0.39, 0.29) is 5.91 Å². The molecule has 0 fully saturated rings. The van der Waals surface area contributed by atoms with Crippen LogP contribution in [0.4, 0.5) is 11.5 Å². The molecule has 0 spiro atoms. The molecule has 1 amide bonds. The third-order valence-corrected chi connectivity index (χ3v) is 4.83. The molecule has 0 saturated carbocycles. The number of ether oxygens (including phenoxy) is 3. The number of methoxy groups -OCH3 is 3. The maximum Gasteiger partial charge on any atom is 0.261 e. The van der Waals surface area contributed by atoms with Gasteiger partial charge in [0.2, 0.25) is 5.75 Å². The number of hydrogen-bond acceptors (Lipinski definition) is 6. The maximum absolute atomic E-state index is 13.1. The highest BCUT2D eigenvalue weighted by molar-refractivity contribution is 6.11. The Morgan fingerprint density at radius 2 is 1.62 bits per heavy atom. The third-order valence-electron chi connectivity index (χ3n) is 4.83. The van der Waals surface area contributed by atoms with Crippen LogP contribution in [0.1, 0.15) is 22.1 Å². The number of benzene rings is 2. The van der Waals surface area contributed by atoms with Crippen LogP contribution >= 0.6 is 0 Å². The molecule has 0 radical (unpaired) electrons. The first-order valence-electron chi connectivity index (χ1n) is 9.08. The molecule has 0 aliphatic carbocycles. The van der Waals surface area contributed by atoms with Gasteiger partial charge in [0.25, 0.3) is 5.91 Å². The minimum atomic E-state index is -0.434. The van der Waals surface area contributed by atoms with E-state index in [1.807, 2.05) is 54.6 Å². The van der Waals surface area contributed by atoms with E-state index in [2.05, 4.69) is 10.3 Å². The van der Waals surface area contributed by atoms with E-state index in [4.69, 9.17) is 14.2 Å². The van der Waals surface area contributed by atoms with Crippen LogP contribution < -0.4 is 24.4 Å². The third kappa shape index (κ3) is 3.20. The average molecular weight is 391 g/mol. The lowest BCUT2D eigenvalue weighted by molar-refractivity contribution is 0.0992. The number of pyridine rings is 1. The van der Waals surface area contributed by atoms with Gasteiger partial charge in [0.1, 0.15) is 12.0 Å². The van der Waals surface area contributed by atoms with Crippen molar-refractivity contribution in [2.24, 2.45) is 0 Å². The molecule has 2 heterocycles. The Kier molecular flexibility index (Phi) is 4.95. The summed E-state index contributed by atoms with van der Waals surface area (Å²) < 4.78 is 16.3. The van der Waals surface area contributed by atoms with Gasteiger partial charge in [-0.15, -0.1) is 0 Å². The van der Waals surface area contributed by atoms with E-state index >= 15 is 0 Å². The van der Waals surface area contributed by atoms with Gasteiger partial charge in [0, 0.05) is 35.1 Å². The van der Waals surface area contributed by atoms with Crippen molar-refractivity contribution in [3.05, 3.63) is 71.9 Å². The molecule has 1 N–H and O–H groups in total. The van der Waals surface area contributed by atoms with E-state index in [0.717, 1.165) is 11.3 Å². The van der Waals surface area contributed by atoms with Crippen molar-refractivity contribution in [3.63, 3.8) is 0 Å². The summed E-state index contributed by atoms with van der Waals surface area (Å²) in [6, 6.07) is 16.6. The summed E-state index contributed by atoms with van der Waals surface area (Å²) in [6.45, 7) is 0. The van der Waals surface area contributed by atoms with Crippen molar-refractivity contribution in [2.45, 2.75) is 6.17 Å². The largest absolute Gasteiger partial charge is 0.493 e. The fraction of sp³-hybridized carbons (Fsp3) is 0.182. The Morgan fingerprint density at radius 3 is 2.24 bits per heavy atom. The number of nitrogens with one attached hydrogen (secondary N) is 1. The molecule has 2 aromatic carbocycles. The lowest BCUT2D eigenvalue weighted by Crippen LogP contribution is -2.32. The smallest absolute Gasteiger partial charge is 0.261 e. The molecule has 29 heavy (non-hydrogen) atoms. The molecule has 0 unspecified atom stereocenters. The number of amides is 1. The molecule has 3 aromatic rings. The zero-order chi connectivity index (χ0) is 20.4. The summed E-state index contributed by atoms with van der Waals surface area (Å²) in [5.74, 6) is 2.01. The number of rotatable bonds is 6. The molecule has 148 valence electrons. The second-order valence-electron chi connectivity index (χ2n) is 6.41. The van der Waals surface area contributed by atoms with Crippen LogP contribution in [-0.2, 0) is 0 Å². The Bertz CT molecular complexity index is 1010. The number of fused-ring (bicyclic) bond motifs is 1. The average Bonchev–Trinajstić information content (AvgIpc) is 3.05. The summed E-state index contributed by atoms with van der Waals surface area (Å²) in [6.07, 6.45) is 1.23. The number of aromatic nitrogens is 1. The standard InChI is InChI=1S/C22H21N3O4/c1-27-17-12-14(13-18(28-2)20(17)29-3)24-21-15-8-4-5-9-16(15)22(26)25(21)19-10-6-7-11-23-19/h4-13,21,24H,1-3H3/t21-/m1/s1. The zero-order valence-corrected chi connectivity index (χ0v) is 16.4. The van der Waals surface area contributed by atoms with Crippen LogP contribution in [0.15, 0.2) is 60.8 Å². The van der Waals surface area contributed by atoms with Gasteiger partial charge >= 0.3 is 0 Å². The number of anilines is 2. The van der Waals surface area contributed by atoms with Crippen LogP contribution in [0, 0.1) is 0 Å². The van der Waals surface area contributed by atoms with Gasteiger partial charge in [-0.3, -0.25) is 9.69 Å². The summed E-state index contributed by atoms with van der Waals surface area (Å²) in [5, 5.41) is 3.43. The zero-order valence-electron chi connectivity index (χ0n) is 16.4. The van der Waals surface area contributed by atoms with E-state index in [1.165, 1.54) is 0 Å². The fourth-order valence-corrected chi connectivity index (χ4v) is 3.51. The first-order chi connectivity index (χ1) is 14.2. The van der Waals surface area contributed by atoms with Gasteiger partial charge < -0.3 is 19.5 Å². The Hall–Kier alpha value is -3.74. The SMILES string of the molecule is COc1cc(N[C@H]2c3ccccc3C(=O)N2c2ccccn2)cc(OC)c1OC. The fourth-order valence-electron chi connectivity index (χ4n) is 3.51. The Labute approximate surface area is 168 Å². The molecule has 1 aromatic heterocycles. The molecule has 4 rings (SSSR count). The molecule has 0 bridgehead atoms. The molecular formula is C22H21N3O4. The van der Waals surface area contributed by atoms with Crippen molar-refractivity contribution in [3.8, 4) is 17.2 Å². The quantitative estimate of drug-likeness (QED) is 0.688. The molecule has 1 aliphatic rings. The van der Waals surface area contributed by atoms with E-state index in [9.17, 15) is 4.79 Å². The summed E-state index contributed by atoms with van der Waals surface area (Å²) >= 11 is 0. The topological polar surface area (TPSA) is 72.9 Å². The van der Waals surface area contributed by atoms with Gasteiger partial charge in [-0.1, -0.05) is 24.3 Å². The van der Waals surface area contributed by atoms with Crippen molar-refractivity contribution < 1.29 is 19.0 Å². The summed E-state index contributed by atoms with van der Waals surface area (Å²) in [4.78, 5) is 19.1. The van der Waals surface area contributed by atoms with Crippen LogP contribution in [0.25, 0.3) is 0 Å². The van der Waals surface area contributed by atoms with Gasteiger partial charge in [-0.05, 0) is 18.2 Å². The predicted octanol–water partition coefficient (Wildman–Crippen LogP) is 3.88.